The van der Waals surface area contributed by atoms with Crippen molar-refractivity contribution >= 4 is 22.9 Å². The zero-order valence-corrected chi connectivity index (χ0v) is 10.6. The molecule has 0 spiro atoms. The van der Waals surface area contributed by atoms with Crippen molar-refractivity contribution in [2.75, 3.05) is 7.05 Å². The first-order chi connectivity index (χ1) is 9.47. The maximum Gasteiger partial charge on any atom is 0.337 e. The Labute approximate surface area is 113 Å². The van der Waals surface area contributed by atoms with Gasteiger partial charge in [-0.1, -0.05) is 12.1 Å². The molecule has 3 N–H and O–H groups in total. The number of aromatic carboxylic acids is 1. The summed E-state index contributed by atoms with van der Waals surface area (Å²) in [5.41, 5.74) is 5.55. The fourth-order valence-electron chi connectivity index (χ4n) is 1.33. The largest absolute Gasteiger partial charge is 0.478 e. The molecule has 0 saturated carbocycles. The number of urea groups is 1. The van der Waals surface area contributed by atoms with Crippen LogP contribution in [0.2, 0.25) is 0 Å². The third-order valence-electron chi connectivity index (χ3n) is 2.32. The minimum atomic E-state index is -0.918. The van der Waals surface area contributed by atoms with Crippen molar-refractivity contribution in [2.24, 2.45) is 11.0 Å². The summed E-state index contributed by atoms with van der Waals surface area (Å²) in [5, 5.41) is 12.2. The average molecular weight is 276 g/mol. The second kappa shape index (κ2) is 6.78. The van der Waals surface area contributed by atoms with Crippen LogP contribution in [0.3, 0.4) is 0 Å². The van der Waals surface area contributed by atoms with Gasteiger partial charge in [-0.05, 0) is 18.2 Å². The third kappa shape index (κ3) is 3.73. The first kappa shape index (κ1) is 15.0. The number of fused-ring (bicyclic) bond motifs is 1. The summed E-state index contributed by atoms with van der Waals surface area (Å²) in [6.07, 6.45) is 1.65. The topological polar surface area (TPSA) is 126 Å². The van der Waals surface area contributed by atoms with E-state index in [4.69, 9.17) is 5.11 Å². The fourth-order valence-corrected chi connectivity index (χ4v) is 1.33. The van der Waals surface area contributed by atoms with E-state index in [1.807, 2.05) is 0 Å². The number of hydrogen-bond donors (Lipinski definition) is 2. The number of hydrogen-bond acceptors (Lipinski definition) is 5. The van der Waals surface area contributed by atoms with E-state index in [0.29, 0.717) is 21.5 Å². The average Bonchev–Trinajstić information content (AvgIpc) is 2.46. The summed E-state index contributed by atoms with van der Waals surface area (Å²) in [6, 6.07) is 7.70. The second-order valence-electron chi connectivity index (χ2n) is 3.62. The first-order valence-electron chi connectivity index (χ1n) is 5.41. The maximum atomic E-state index is 10.8. The molecule has 2 aromatic rings. The second-order valence-corrected chi connectivity index (χ2v) is 3.62. The molecule has 104 valence electrons. The van der Waals surface area contributed by atoms with E-state index in [9.17, 15) is 14.5 Å². The van der Waals surface area contributed by atoms with Crippen LogP contribution in [0.1, 0.15) is 10.4 Å². The van der Waals surface area contributed by atoms with Crippen LogP contribution < -0.4 is 5.73 Å². The minimum Gasteiger partial charge on any atom is -0.478 e. The van der Waals surface area contributed by atoms with Crippen molar-refractivity contribution in [1.29, 1.82) is 0 Å². The number of pyridine rings is 1. The summed E-state index contributed by atoms with van der Waals surface area (Å²) in [4.78, 5) is 34.0. The van der Waals surface area contributed by atoms with Gasteiger partial charge in [-0.3, -0.25) is 4.98 Å². The first-order valence-corrected chi connectivity index (χ1v) is 5.41. The number of aromatic nitrogens is 1. The molecule has 0 fully saturated rings. The molecule has 0 bridgehead atoms. The van der Waals surface area contributed by atoms with Crippen molar-refractivity contribution in [3.8, 4) is 0 Å². The molecular weight excluding hydrogens is 264 g/mol. The Morgan fingerprint density at radius 3 is 2.50 bits per heavy atom. The van der Waals surface area contributed by atoms with E-state index in [1.54, 1.807) is 36.5 Å². The van der Waals surface area contributed by atoms with Crippen molar-refractivity contribution in [1.82, 2.24) is 9.99 Å². The highest BCUT2D eigenvalue weighted by Crippen LogP contribution is 2.15. The molecule has 2 rings (SSSR count). The highest BCUT2D eigenvalue weighted by molar-refractivity contribution is 6.02. The van der Waals surface area contributed by atoms with Crippen LogP contribution in [0.15, 0.2) is 41.8 Å². The van der Waals surface area contributed by atoms with E-state index in [1.165, 1.54) is 7.05 Å². The molecule has 0 radical (unpaired) electrons. The summed E-state index contributed by atoms with van der Waals surface area (Å²) in [6.45, 7) is 0. The number of nitrogens with two attached hydrogens (primary N) is 1. The zero-order valence-electron chi connectivity index (χ0n) is 10.6. The van der Waals surface area contributed by atoms with E-state index < -0.39 is 12.0 Å². The van der Waals surface area contributed by atoms with E-state index >= 15 is 0 Å². The van der Waals surface area contributed by atoms with E-state index in [-0.39, 0.29) is 0 Å². The van der Waals surface area contributed by atoms with Gasteiger partial charge < -0.3 is 10.8 Å². The molecule has 0 saturated heterocycles. The number of primary amides is 1. The van der Waals surface area contributed by atoms with E-state index in [0.717, 1.165) is 0 Å². The van der Waals surface area contributed by atoms with Crippen LogP contribution >= 0.6 is 0 Å². The summed E-state index contributed by atoms with van der Waals surface area (Å²) in [5.74, 6) is -0.918. The number of nitrogens with zero attached hydrogens (tertiary/aromatic N) is 3. The number of benzene rings is 1. The van der Waals surface area contributed by atoms with Gasteiger partial charge in [-0.2, -0.15) is 5.01 Å². The quantitative estimate of drug-likeness (QED) is 0.636. The molecule has 0 aliphatic heterocycles. The molecule has 0 aliphatic carbocycles. The predicted molar refractivity (Wildman–Crippen MR) is 71.8 cm³/mol. The number of carboxylic acid groups (broad SMARTS) is 1. The highest BCUT2D eigenvalue weighted by Gasteiger charge is 2.06. The van der Waals surface area contributed by atoms with Gasteiger partial charge in [0.05, 0.1) is 16.4 Å². The normalized spacial score (nSPS) is 9.25. The minimum absolute atomic E-state index is 0.297. The lowest BCUT2D eigenvalue weighted by Gasteiger charge is -1.99. The monoisotopic (exact) mass is 276 g/mol. The Balaban J connectivity index is 0.000000246. The molecule has 20 heavy (non-hydrogen) atoms. The van der Waals surface area contributed by atoms with Crippen LogP contribution in [0, 0.1) is 4.91 Å². The molecular formula is C12H12N4O4. The summed E-state index contributed by atoms with van der Waals surface area (Å²) >= 11 is 0. The SMILES string of the molecule is CN(N=O)C(N)=O.O=C(O)c1cccc2ncccc12. The van der Waals surface area contributed by atoms with Gasteiger partial charge in [0.15, 0.2) is 0 Å². The summed E-state index contributed by atoms with van der Waals surface area (Å²) < 4.78 is 0. The van der Waals surface area contributed by atoms with Crippen molar-refractivity contribution in [2.45, 2.75) is 0 Å². The Bertz CT molecular complexity index is 639. The molecule has 0 atom stereocenters. The third-order valence-corrected chi connectivity index (χ3v) is 2.32. The van der Waals surface area contributed by atoms with Crippen LogP contribution in [0.25, 0.3) is 10.9 Å². The van der Waals surface area contributed by atoms with Crippen molar-refractivity contribution in [3.05, 3.63) is 47.0 Å². The Hall–Kier alpha value is -3.03. The molecule has 0 unspecified atom stereocenters. The van der Waals surface area contributed by atoms with Gasteiger partial charge in [-0.15, -0.1) is 4.91 Å². The lowest BCUT2D eigenvalue weighted by molar-refractivity contribution is 0.0699. The van der Waals surface area contributed by atoms with Crippen molar-refractivity contribution < 1.29 is 14.7 Å². The van der Waals surface area contributed by atoms with Crippen LogP contribution in [0.4, 0.5) is 4.79 Å². The van der Waals surface area contributed by atoms with Gasteiger partial charge >= 0.3 is 12.0 Å². The Morgan fingerprint density at radius 2 is 2.00 bits per heavy atom. The number of carboxylic acids is 1. The predicted octanol–water partition coefficient (Wildman–Crippen LogP) is 1.61. The number of nitroso groups, excluding NO2 is 1. The maximum absolute atomic E-state index is 10.8. The molecule has 1 aromatic carbocycles. The molecule has 1 aromatic heterocycles. The molecule has 1 heterocycles. The summed E-state index contributed by atoms with van der Waals surface area (Å²) in [7, 11) is 1.18. The van der Waals surface area contributed by atoms with Gasteiger partial charge in [0.25, 0.3) is 0 Å². The Kier molecular flexibility index (Phi) is 5.10. The van der Waals surface area contributed by atoms with Crippen LogP contribution in [0.5, 0.6) is 0 Å². The smallest absolute Gasteiger partial charge is 0.337 e. The number of carbonyl (C=O) groups is 2. The number of carbonyl (C=O) groups excluding carboxylic acids is 1. The number of rotatable bonds is 2. The van der Waals surface area contributed by atoms with Crippen molar-refractivity contribution in [3.63, 3.8) is 0 Å². The molecule has 2 amide bonds. The zero-order chi connectivity index (χ0) is 15.1. The van der Waals surface area contributed by atoms with Crippen LogP contribution in [-0.4, -0.2) is 34.1 Å². The van der Waals surface area contributed by atoms with Crippen LogP contribution in [-0.2, 0) is 0 Å². The van der Waals surface area contributed by atoms with E-state index in [2.05, 4.69) is 16.0 Å². The van der Waals surface area contributed by atoms with Gasteiger partial charge in [0.2, 0.25) is 0 Å². The van der Waals surface area contributed by atoms with Gasteiger partial charge in [0, 0.05) is 18.6 Å². The van der Waals surface area contributed by atoms with Gasteiger partial charge in [0.1, 0.15) is 0 Å². The molecule has 0 aliphatic rings. The standard InChI is InChI=1S/C10H7NO2.C2H5N3O2/c12-10(13)8-3-1-5-9-7(8)4-2-6-11-9;1-5(4-7)2(3)6/h1-6H,(H,12,13);1H3,(H2,3,6). The lowest BCUT2D eigenvalue weighted by Crippen LogP contribution is -2.26. The molecule has 8 heteroatoms. The lowest BCUT2D eigenvalue weighted by atomic mass is 10.1. The fraction of sp³-hybridized carbons (Fsp3) is 0.0833. The Morgan fingerprint density at radius 1 is 1.30 bits per heavy atom. The highest BCUT2D eigenvalue weighted by atomic mass is 16.4. The van der Waals surface area contributed by atoms with Gasteiger partial charge in [-0.25, -0.2) is 9.59 Å². The molecule has 8 nitrogen and oxygen atoms in total. The number of amides is 2.